The highest BCUT2D eigenvalue weighted by Gasteiger charge is 2.09. The van der Waals surface area contributed by atoms with Gasteiger partial charge in [-0.2, -0.15) is 5.10 Å². The van der Waals surface area contributed by atoms with Gasteiger partial charge in [0, 0.05) is 25.3 Å². The number of halogens is 2. The van der Waals surface area contributed by atoms with Crippen molar-refractivity contribution in [3.63, 3.8) is 0 Å². The summed E-state index contributed by atoms with van der Waals surface area (Å²) in [5.74, 6) is 0. The zero-order valence-electron chi connectivity index (χ0n) is 11.1. The molecule has 4 nitrogen and oxygen atoms in total. The number of aryl methyl sites for hydroxylation is 1. The lowest BCUT2D eigenvalue weighted by Gasteiger charge is -2.20. The summed E-state index contributed by atoms with van der Waals surface area (Å²) in [4.78, 5) is 1.88. The van der Waals surface area contributed by atoms with Crippen molar-refractivity contribution in [2.24, 2.45) is 7.05 Å². The molecular formula is C13H14Cl2N4S. The van der Waals surface area contributed by atoms with Crippen LogP contribution in [0.1, 0.15) is 5.69 Å². The van der Waals surface area contributed by atoms with Crippen molar-refractivity contribution in [2.75, 3.05) is 12.4 Å². The summed E-state index contributed by atoms with van der Waals surface area (Å²) in [5.41, 5.74) is 1.63. The van der Waals surface area contributed by atoms with Crippen molar-refractivity contribution in [1.82, 2.24) is 14.7 Å². The molecule has 0 radical (unpaired) electrons. The number of benzene rings is 1. The Kier molecular flexibility index (Phi) is 4.86. The van der Waals surface area contributed by atoms with E-state index in [0.717, 1.165) is 5.69 Å². The van der Waals surface area contributed by atoms with E-state index in [4.69, 9.17) is 35.4 Å². The molecule has 1 aromatic carbocycles. The summed E-state index contributed by atoms with van der Waals surface area (Å²) >= 11 is 17.4. The first-order valence-electron chi connectivity index (χ1n) is 5.91. The maximum absolute atomic E-state index is 6.09. The van der Waals surface area contributed by atoms with Gasteiger partial charge in [0.05, 0.1) is 22.9 Å². The van der Waals surface area contributed by atoms with Crippen molar-refractivity contribution in [3.05, 3.63) is 46.2 Å². The van der Waals surface area contributed by atoms with Crippen LogP contribution < -0.4 is 5.32 Å². The molecule has 0 aliphatic heterocycles. The van der Waals surface area contributed by atoms with Crippen molar-refractivity contribution in [3.8, 4) is 0 Å². The first-order valence-corrected chi connectivity index (χ1v) is 7.08. The van der Waals surface area contributed by atoms with Crippen LogP contribution in [-0.2, 0) is 13.6 Å². The van der Waals surface area contributed by atoms with E-state index in [9.17, 15) is 0 Å². The molecule has 0 bridgehead atoms. The first kappa shape index (κ1) is 15.1. The second-order valence-corrected chi connectivity index (χ2v) is 5.62. The number of rotatable bonds is 3. The van der Waals surface area contributed by atoms with Gasteiger partial charge in [0.2, 0.25) is 0 Å². The van der Waals surface area contributed by atoms with E-state index in [1.54, 1.807) is 22.9 Å². The molecule has 0 fully saturated rings. The molecule has 1 N–H and O–H groups in total. The Morgan fingerprint density at radius 2 is 2.15 bits per heavy atom. The zero-order valence-corrected chi connectivity index (χ0v) is 13.4. The van der Waals surface area contributed by atoms with Crippen LogP contribution in [0.5, 0.6) is 0 Å². The lowest BCUT2D eigenvalue weighted by atomic mass is 10.3. The highest BCUT2D eigenvalue weighted by atomic mass is 35.5. The van der Waals surface area contributed by atoms with Gasteiger partial charge in [0.1, 0.15) is 0 Å². The minimum absolute atomic E-state index is 0.555. The number of thiocarbonyl (C=S) groups is 1. The van der Waals surface area contributed by atoms with E-state index in [2.05, 4.69) is 10.4 Å². The Balaban J connectivity index is 2.02. The summed E-state index contributed by atoms with van der Waals surface area (Å²) in [6, 6.07) is 7.15. The first-order chi connectivity index (χ1) is 9.45. The van der Waals surface area contributed by atoms with Gasteiger partial charge in [-0.3, -0.25) is 4.68 Å². The molecule has 7 heteroatoms. The fourth-order valence-electron chi connectivity index (χ4n) is 1.67. The monoisotopic (exact) mass is 328 g/mol. The molecule has 2 rings (SSSR count). The minimum atomic E-state index is 0.555. The van der Waals surface area contributed by atoms with Gasteiger partial charge in [0.25, 0.3) is 0 Å². The molecule has 1 heterocycles. The number of nitrogens with one attached hydrogen (secondary N) is 1. The van der Waals surface area contributed by atoms with Crippen molar-refractivity contribution < 1.29 is 0 Å². The van der Waals surface area contributed by atoms with Crippen LogP contribution in [0, 0.1) is 0 Å². The molecule has 20 heavy (non-hydrogen) atoms. The van der Waals surface area contributed by atoms with E-state index in [1.807, 2.05) is 31.3 Å². The SMILES string of the molecule is CN(Cc1ccn(C)n1)C(=S)Nc1cc(Cl)ccc1Cl. The van der Waals surface area contributed by atoms with E-state index in [0.29, 0.717) is 27.4 Å². The van der Waals surface area contributed by atoms with Crippen LogP contribution in [0.2, 0.25) is 10.0 Å². The van der Waals surface area contributed by atoms with Gasteiger partial charge in [0.15, 0.2) is 5.11 Å². The number of hydrogen-bond donors (Lipinski definition) is 1. The average molecular weight is 329 g/mol. The normalized spacial score (nSPS) is 10.4. The average Bonchev–Trinajstić information content (AvgIpc) is 2.79. The maximum atomic E-state index is 6.09. The Labute approximate surface area is 133 Å². The molecule has 0 atom stereocenters. The van der Waals surface area contributed by atoms with E-state index in [1.165, 1.54) is 0 Å². The molecule has 0 saturated carbocycles. The summed E-state index contributed by atoms with van der Waals surface area (Å²) in [5, 5.41) is 9.13. The number of nitrogens with zero attached hydrogens (tertiary/aromatic N) is 3. The summed E-state index contributed by atoms with van der Waals surface area (Å²) in [6.45, 7) is 0.616. The lowest BCUT2D eigenvalue weighted by molar-refractivity contribution is 0.495. The minimum Gasteiger partial charge on any atom is -0.346 e. The summed E-state index contributed by atoms with van der Waals surface area (Å²) < 4.78 is 1.76. The van der Waals surface area contributed by atoms with Crippen LogP contribution in [0.4, 0.5) is 5.69 Å². The highest BCUT2D eigenvalue weighted by molar-refractivity contribution is 7.80. The second-order valence-electron chi connectivity index (χ2n) is 4.39. The fraction of sp³-hybridized carbons (Fsp3) is 0.231. The molecule has 1 aromatic heterocycles. The molecule has 0 unspecified atom stereocenters. The van der Waals surface area contributed by atoms with Crippen molar-refractivity contribution >= 4 is 46.2 Å². The predicted molar refractivity (Wildman–Crippen MR) is 87.4 cm³/mol. The van der Waals surface area contributed by atoms with Gasteiger partial charge >= 0.3 is 0 Å². The quantitative estimate of drug-likeness (QED) is 0.873. The van der Waals surface area contributed by atoms with Crippen molar-refractivity contribution in [2.45, 2.75) is 6.54 Å². The molecule has 0 aliphatic carbocycles. The third-order valence-corrected chi connectivity index (χ3v) is 3.66. The van der Waals surface area contributed by atoms with Gasteiger partial charge in [-0.1, -0.05) is 23.2 Å². The Bertz CT molecular complexity index is 627. The summed E-state index contributed by atoms with van der Waals surface area (Å²) in [7, 11) is 3.77. The summed E-state index contributed by atoms with van der Waals surface area (Å²) in [6.07, 6.45) is 1.90. The van der Waals surface area contributed by atoms with Crippen LogP contribution in [-0.4, -0.2) is 26.8 Å². The molecule has 0 aliphatic rings. The Morgan fingerprint density at radius 3 is 2.80 bits per heavy atom. The van der Waals surface area contributed by atoms with E-state index >= 15 is 0 Å². The van der Waals surface area contributed by atoms with Gasteiger partial charge in [-0.05, 0) is 36.5 Å². The van der Waals surface area contributed by atoms with Crippen LogP contribution in [0.15, 0.2) is 30.5 Å². The topological polar surface area (TPSA) is 33.1 Å². The molecule has 0 saturated heterocycles. The third kappa shape index (κ3) is 3.85. The highest BCUT2D eigenvalue weighted by Crippen LogP contribution is 2.25. The van der Waals surface area contributed by atoms with Gasteiger partial charge in [-0.15, -0.1) is 0 Å². The van der Waals surface area contributed by atoms with E-state index in [-0.39, 0.29) is 0 Å². The zero-order chi connectivity index (χ0) is 14.7. The number of anilines is 1. The van der Waals surface area contributed by atoms with E-state index < -0.39 is 0 Å². The molecule has 0 amide bonds. The largest absolute Gasteiger partial charge is 0.346 e. The van der Waals surface area contributed by atoms with Gasteiger partial charge in [-0.25, -0.2) is 0 Å². The number of aromatic nitrogens is 2. The maximum Gasteiger partial charge on any atom is 0.173 e. The lowest BCUT2D eigenvalue weighted by Crippen LogP contribution is -2.30. The van der Waals surface area contributed by atoms with Crippen molar-refractivity contribution in [1.29, 1.82) is 0 Å². The number of hydrogen-bond acceptors (Lipinski definition) is 2. The second kappa shape index (κ2) is 6.43. The third-order valence-electron chi connectivity index (χ3n) is 2.68. The van der Waals surface area contributed by atoms with Crippen LogP contribution in [0.3, 0.4) is 0 Å². The molecule has 2 aromatic rings. The standard InChI is InChI=1S/C13H14Cl2N4S/c1-18(8-10-5-6-19(2)17-10)13(20)16-12-7-9(14)3-4-11(12)15/h3-7H,8H2,1-2H3,(H,16,20). The molecular weight excluding hydrogens is 315 g/mol. The predicted octanol–water partition coefficient (Wildman–Crippen LogP) is 3.56. The van der Waals surface area contributed by atoms with Crippen LogP contribution in [0.25, 0.3) is 0 Å². The Morgan fingerprint density at radius 1 is 1.40 bits per heavy atom. The Hall–Kier alpha value is -1.30. The van der Waals surface area contributed by atoms with Gasteiger partial charge < -0.3 is 10.2 Å². The smallest absolute Gasteiger partial charge is 0.173 e. The fourth-order valence-corrected chi connectivity index (χ4v) is 2.18. The molecule has 106 valence electrons. The molecule has 0 spiro atoms. The van der Waals surface area contributed by atoms with Crippen LogP contribution >= 0.6 is 35.4 Å².